The van der Waals surface area contributed by atoms with E-state index in [9.17, 15) is 19.8 Å². The van der Waals surface area contributed by atoms with Crippen molar-refractivity contribution in [1.29, 1.82) is 0 Å². The number of carbonyl (C=O) groups excluding carboxylic acids is 2. The number of nitrogens with zero attached hydrogens (tertiary/aromatic N) is 2. The summed E-state index contributed by atoms with van der Waals surface area (Å²) >= 11 is 0. The smallest absolute Gasteiger partial charge is 0.267 e. The molecule has 3 rings (SSSR count). The molecule has 2 heterocycles. The number of hydrogen-bond donors (Lipinski definition) is 3. The normalized spacial score (nSPS) is 18.9. The summed E-state index contributed by atoms with van der Waals surface area (Å²) < 4.78 is 0. The van der Waals surface area contributed by atoms with Gasteiger partial charge >= 0.3 is 0 Å². The number of pyridine rings is 1. The van der Waals surface area contributed by atoms with Crippen LogP contribution in [0.3, 0.4) is 0 Å². The van der Waals surface area contributed by atoms with Crippen LogP contribution in [0.2, 0.25) is 0 Å². The Bertz CT molecular complexity index is 977. The predicted octanol–water partition coefficient (Wildman–Crippen LogP) is 0.285. The fourth-order valence-electron chi connectivity index (χ4n) is 2.97. The van der Waals surface area contributed by atoms with Gasteiger partial charge in [0.05, 0.1) is 6.61 Å². The third-order valence-electron chi connectivity index (χ3n) is 4.55. The summed E-state index contributed by atoms with van der Waals surface area (Å²) in [7, 11) is 1.61. The van der Waals surface area contributed by atoms with E-state index in [2.05, 4.69) is 16.8 Å². The van der Waals surface area contributed by atoms with Crippen molar-refractivity contribution < 1.29 is 19.8 Å². The molecule has 0 bridgehead atoms. The highest BCUT2D eigenvalue weighted by Gasteiger charge is 2.42. The lowest BCUT2D eigenvalue weighted by Gasteiger charge is -2.13. The van der Waals surface area contributed by atoms with Gasteiger partial charge in [-0.05, 0) is 23.3 Å². The van der Waals surface area contributed by atoms with Gasteiger partial charge in [0.2, 0.25) is 5.60 Å². The van der Waals surface area contributed by atoms with Crippen molar-refractivity contribution >= 4 is 11.8 Å². The lowest BCUT2D eigenvalue weighted by atomic mass is 9.97. The lowest BCUT2D eigenvalue weighted by molar-refractivity contribution is -0.137. The number of amides is 2. The Balaban J connectivity index is 2.06. The molecule has 7 heteroatoms. The molecule has 0 aliphatic carbocycles. The van der Waals surface area contributed by atoms with Gasteiger partial charge in [-0.25, -0.2) is 0 Å². The number of aliphatic hydroxyl groups is 2. The number of primary amides is 1. The van der Waals surface area contributed by atoms with Crippen LogP contribution in [-0.2, 0) is 11.4 Å². The summed E-state index contributed by atoms with van der Waals surface area (Å²) in [4.78, 5) is 29.1. The van der Waals surface area contributed by atoms with E-state index in [-0.39, 0.29) is 18.7 Å². The van der Waals surface area contributed by atoms with Crippen LogP contribution >= 0.6 is 0 Å². The minimum atomic E-state index is -1.73. The molecule has 0 saturated carbocycles. The molecule has 27 heavy (non-hydrogen) atoms. The van der Waals surface area contributed by atoms with Gasteiger partial charge in [0.1, 0.15) is 5.69 Å². The van der Waals surface area contributed by atoms with Crippen LogP contribution in [0.25, 0.3) is 11.1 Å². The molecule has 1 aromatic carbocycles. The van der Waals surface area contributed by atoms with Gasteiger partial charge < -0.3 is 20.8 Å². The largest absolute Gasteiger partial charge is 0.392 e. The highest BCUT2D eigenvalue weighted by molar-refractivity contribution is 5.98. The predicted molar refractivity (Wildman–Crippen MR) is 98.2 cm³/mol. The SMILES string of the molecule is CN1CC[C@@](O)(C#Cc2cc(-c3cccnc3C(N)=O)ccc2CO)C1=O. The Morgan fingerprint density at radius 1 is 1.41 bits per heavy atom. The number of rotatable bonds is 3. The number of benzene rings is 1. The minimum absolute atomic E-state index is 0.124. The van der Waals surface area contributed by atoms with Crippen molar-refractivity contribution in [3.8, 4) is 23.0 Å². The van der Waals surface area contributed by atoms with E-state index in [1.165, 1.54) is 11.1 Å². The molecular formula is C20H19N3O4. The summed E-state index contributed by atoms with van der Waals surface area (Å²) in [6.07, 6.45) is 1.70. The molecule has 7 nitrogen and oxygen atoms in total. The van der Waals surface area contributed by atoms with E-state index in [1.54, 1.807) is 37.4 Å². The van der Waals surface area contributed by atoms with Gasteiger partial charge in [0, 0.05) is 37.3 Å². The minimum Gasteiger partial charge on any atom is -0.392 e. The summed E-state index contributed by atoms with van der Waals surface area (Å²) in [6, 6.07) is 8.46. The first-order chi connectivity index (χ1) is 12.9. The van der Waals surface area contributed by atoms with Gasteiger partial charge in [-0.1, -0.05) is 30.0 Å². The first-order valence-electron chi connectivity index (χ1n) is 8.36. The molecule has 1 aliphatic heterocycles. The fourth-order valence-corrected chi connectivity index (χ4v) is 2.97. The number of hydrogen-bond acceptors (Lipinski definition) is 5. The van der Waals surface area contributed by atoms with E-state index in [0.29, 0.717) is 28.8 Å². The summed E-state index contributed by atoms with van der Waals surface area (Å²) in [5.74, 6) is 4.35. The summed E-state index contributed by atoms with van der Waals surface area (Å²) in [5, 5.41) is 20.0. The Labute approximate surface area is 156 Å². The molecule has 1 fully saturated rings. The second-order valence-electron chi connectivity index (χ2n) is 6.38. The van der Waals surface area contributed by atoms with Crippen LogP contribution in [0.4, 0.5) is 0 Å². The van der Waals surface area contributed by atoms with Crippen LogP contribution in [-0.4, -0.2) is 51.1 Å². The standard InChI is InChI=1S/C20H19N3O4/c1-23-10-8-20(27,19(23)26)7-6-13-11-14(4-5-15(13)12-24)16-3-2-9-22-17(16)18(21)25/h2-5,9,11,24,27H,8,10,12H2,1H3,(H2,21,25)/t20-/m0/s1. The van der Waals surface area contributed by atoms with Crippen molar-refractivity contribution in [2.24, 2.45) is 5.73 Å². The van der Waals surface area contributed by atoms with Crippen molar-refractivity contribution in [1.82, 2.24) is 9.88 Å². The molecule has 0 unspecified atom stereocenters. The Hall–Kier alpha value is -3.21. The van der Waals surface area contributed by atoms with E-state index in [1.807, 2.05) is 0 Å². The van der Waals surface area contributed by atoms with Crippen LogP contribution in [0.5, 0.6) is 0 Å². The monoisotopic (exact) mass is 365 g/mol. The molecule has 0 radical (unpaired) electrons. The van der Waals surface area contributed by atoms with E-state index < -0.39 is 17.4 Å². The number of carbonyl (C=O) groups is 2. The highest BCUT2D eigenvalue weighted by atomic mass is 16.3. The summed E-state index contributed by atoms with van der Waals surface area (Å²) in [5.41, 5.74) is 5.94. The number of likely N-dealkylation sites (tertiary alicyclic amines) is 1. The average Bonchev–Trinajstić information content (AvgIpc) is 2.94. The van der Waals surface area contributed by atoms with Crippen LogP contribution in [0, 0.1) is 11.8 Å². The maximum atomic E-state index is 12.1. The van der Waals surface area contributed by atoms with Crippen molar-refractivity contribution in [3.05, 3.63) is 53.3 Å². The van der Waals surface area contributed by atoms with Gasteiger partial charge in [0.25, 0.3) is 11.8 Å². The van der Waals surface area contributed by atoms with Crippen molar-refractivity contribution in [2.75, 3.05) is 13.6 Å². The van der Waals surface area contributed by atoms with Crippen LogP contribution in [0.15, 0.2) is 36.5 Å². The van der Waals surface area contributed by atoms with Crippen molar-refractivity contribution in [3.63, 3.8) is 0 Å². The Kier molecular flexibility index (Phi) is 4.95. The molecule has 2 aromatic rings. The molecule has 2 amide bonds. The zero-order valence-electron chi connectivity index (χ0n) is 14.8. The Morgan fingerprint density at radius 2 is 2.19 bits per heavy atom. The van der Waals surface area contributed by atoms with Gasteiger partial charge in [0.15, 0.2) is 0 Å². The maximum absolute atomic E-state index is 12.1. The van der Waals surface area contributed by atoms with E-state index in [0.717, 1.165) is 0 Å². The molecular weight excluding hydrogens is 346 g/mol. The van der Waals surface area contributed by atoms with Crippen LogP contribution in [0.1, 0.15) is 28.0 Å². The van der Waals surface area contributed by atoms with Gasteiger partial charge in [-0.2, -0.15) is 0 Å². The van der Waals surface area contributed by atoms with E-state index in [4.69, 9.17) is 5.73 Å². The zero-order chi connectivity index (χ0) is 19.6. The molecule has 138 valence electrons. The van der Waals surface area contributed by atoms with Crippen molar-refractivity contribution in [2.45, 2.75) is 18.6 Å². The van der Waals surface area contributed by atoms with Gasteiger partial charge in [-0.15, -0.1) is 0 Å². The number of nitrogens with two attached hydrogens (primary N) is 1. The zero-order valence-corrected chi connectivity index (χ0v) is 14.8. The van der Waals surface area contributed by atoms with E-state index >= 15 is 0 Å². The topological polar surface area (TPSA) is 117 Å². The Morgan fingerprint density at radius 3 is 2.81 bits per heavy atom. The second kappa shape index (κ2) is 7.19. The van der Waals surface area contributed by atoms with Gasteiger partial charge in [-0.3, -0.25) is 14.6 Å². The second-order valence-corrected chi connectivity index (χ2v) is 6.38. The molecule has 1 atom stereocenters. The van der Waals surface area contributed by atoms with Crippen LogP contribution < -0.4 is 5.73 Å². The fraction of sp³-hybridized carbons (Fsp3) is 0.250. The third-order valence-corrected chi connectivity index (χ3v) is 4.55. The molecule has 1 aromatic heterocycles. The number of aromatic nitrogens is 1. The number of likely N-dealkylation sites (N-methyl/N-ethyl adjacent to an activating group) is 1. The molecule has 0 spiro atoms. The third kappa shape index (κ3) is 3.53. The highest BCUT2D eigenvalue weighted by Crippen LogP contribution is 2.26. The lowest BCUT2D eigenvalue weighted by Crippen LogP contribution is -2.37. The molecule has 4 N–H and O–H groups in total. The molecule has 1 aliphatic rings. The average molecular weight is 365 g/mol. The summed E-state index contributed by atoms with van der Waals surface area (Å²) in [6.45, 7) is 0.168. The molecule has 1 saturated heterocycles. The number of aliphatic hydroxyl groups excluding tert-OH is 1. The maximum Gasteiger partial charge on any atom is 0.267 e. The first kappa shape index (κ1) is 18.6. The quantitative estimate of drug-likeness (QED) is 0.676. The first-order valence-corrected chi connectivity index (χ1v) is 8.36.